The second kappa shape index (κ2) is 6.35. The van der Waals surface area contributed by atoms with Crippen LogP contribution < -0.4 is 0 Å². The monoisotopic (exact) mass is 316 g/mol. The van der Waals surface area contributed by atoms with Gasteiger partial charge in [-0.2, -0.15) is 0 Å². The van der Waals surface area contributed by atoms with Gasteiger partial charge in [0.15, 0.2) is 0 Å². The molecule has 130 valence electrons. The second-order valence-electron chi connectivity index (χ2n) is 8.90. The summed E-state index contributed by atoms with van der Waals surface area (Å²) in [6.07, 6.45) is 4.56. The van der Waals surface area contributed by atoms with E-state index in [2.05, 4.69) is 18.7 Å². The lowest BCUT2D eigenvalue weighted by atomic mass is 9.83. The molecule has 1 atom stereocenters. The van der Waals surface area contributed by atoms with E-state index in [1.165, 1.54) is 12.8 Å². The summed E-state index contributed by atoms with van der Waals surface area (Å²) in [7, 11) is 0. The second-order valence-corrected chi connectivity index (χ2v) is 8.90. The quantitative estimate of drug-likeness (QED) is 0.761. The molecular formula is C18H34F2N2. The van der Waals surface area contributed by atoms with E-state index < -0.39 is 11.8 Å². The van der Waals surface area contributed by atoms with Crippen LogP contribution in [0.1, 0.15) is 66.7 Å². The van der Waals surface area contributed by atoms with Crippen molar-refractivity contribution in [3.63, 3.8) is 0 Å². The minimum absolute atomic E-state index is 0.0861. The first-order valence-corrected chi connectivity index (χ1v) is 8.90. The highest BCUT2D eigenvalue weighted by Crippen LogP contribution is 2.41. The first-order chi connectivity index (χ1) is 10.0. The number of alkyl halides is 2. The van der Waals surface area contributed by atoms with Crippen molar-refractivity contribution < 1.29 is 8.78 Å². The smallest absolute Gasteiger partial charge is 0.263 e. The summed E-state index contributed by atoms with van der Waals surface area (Å²) in [6.45, 7) is 13.3. The van der Waals surface area contributed by atoms with E-state index in [9.17, 15) is 8.78 Å². The maximum absolute atomic E-state index is 14.9. The summed E-state index contributed by atoms with van der Waals surface area (Å²) >= 11 is 0. The third-order valence-corrected chi connectivity index (χ3v) is 5.64. The van der Waals surface area contributed by atoms with Crippen molar-refractivity contribution in [2.45, 2.75) is 83.7 Å². The van der Waals surface area contributed by atoms with Crippen molar-refractivity contribution in [1.29, 1.82) is 0 Å². The Morgan fingerprint density at radius 3 is 2.00 bits per heavy atom. The normalized spacial score (nSPS) is 28.8. The van der Waals surface area contributed by atoms with Crippen molar-refractivity contribution in [3.8, 4) is 0 Å². The molecule has 0 saturated carbocycles. The van der Waals surface area contributed by atoms with E-state index in [-0.39, 0.29) is 17.6 Å². The Kier molecular flexibility index (Phi) is 5.23. The third-order valence-electron chi connectivity index (χ3n) is 5.64. The molecule has 0 radical (unpaired) electrons. The highest BCUT2D eigenvalue weighted by atomic mass is 19.3. The molecule has 2 fully saturated rings. The van der Waals surface area contributed by atoms with Crippen LogP contribution in [0.4, 0.5) is 8.78 Å². The minimum Gasteiger partial charge on any atom is -0.298 e. The van der Waals surface area contributed by atoms with Gasteiger partial charge in [0.2, 0.25) is 0 Å². The lowest BCUT2D eigenvalue weighted by Gasteiger charge is -2.41. The molecule has 4 heteroatoms. The van der Waals surface area contributed by atoms with Crippen LogP contribution in [0.2, 0.25) is 0 Å². The van der Waals surface area contributed by atoms with E-state index in [4.69, 9.17) is 0 Å². The van der Waals surface area contributed by atoms with Crippen LogP contribution in [0.5, 0.6) is 0 Å². The summed E-state index contributed by atoms with van der Waals surface area (Å²) in [5.74, 6) is -3.07. The molecule has 2 heterocycles. The largest absolute Gasteiger partial charge is 0.298 e. The Morgan fingerprint density at radius 2 is 1.45 bits per heavy atom. The van der Waals surface area contributed by atoms with Gasteiger partial charge in [0, 0.05) is 17.0 Å². The lowest BCUT2D eigenvalue weighted by molar-refractivity contribution is -0.0985. The van der Waals surface area contributed by atoms with Crippen LogP contribution in [0.15, 0.2) is 0 Å². The van der Waals surface area contributed by atoms with E-state index in [1.54, 1.807) is 0 Å². The maximum atomic E-state index is 14.9. The average molecular weight is 316 g/mol. The van der Waals surface area contributed by atoms with E-state index in [0.29, 0.717) is 12.8 Å². The van der Waals surface area contributed by atoms with Gasteiger partial charge in [0.05, 0.1) is 6.54 Å². The third kappa shape index (κ3) is 4.19. The highest BCUT2D eigenvalue weighted by Gasteiger charge is 2.47. The van der Waals surface area contributed by atoms with Gasteiger partial charge < -0.3 is 0 Å². The molecule has 0 aliphatic carbocycles. The predicted octanol–water partition coefficient (Wildman–Crippen LogP) is 4.40. The van der Waals surface area contributed by atoms with Crippen molar-refractivity contribution in [2.24, 2.45) is 5.92 Å². The van der Waals surface area contributed by atoms with Gasteiger partial charge in [0.1, 0.15) is 0 Å². The molecule has 2 aliphatic heterocycles. The fourth-order valence-corrected chi connectivity index (χ4v) is 4.08. The van der Waals surface area contributed by atoms with Crippen LogP contribution >= 0.6 is 0 Å². The number of likely N-dealkylation sites (tertiary alicyclic amines) is 2. The number of hydrogen-bond acceptors (Lipinski definition) is 2. The van der Waals surface area contributed by atoms with E-state index in [1.807, 2.05) is 25.7 Å². The molecule has 0 aromatic heterocycles. The zero-order valence-corrected chi connectivity index (χ0v) is 15.1. The molecule has 0 aromatic carbocycles. The Morgan fingerprint density at radius 1 is 0.909 bits per heavy atom. The maximum Gasteiger partial charge on any atom is 0.263 e. The van der Waals surface area contributed by atoms with Gasteiger partial charge >= 0.3 is 0 Å². The average Bonchev–Trinajstić information content (AvgIpc) is 2.84. The van der Waals surface area contributed by atoms with Crippen molar-refractivity contribution in [1.82, 2.24) is 9.80 Å². The fourth-order valence-electron chi connectivity index (χ4n) is 4.08. The molecule has 0 bridgehead atoms. The summed E-state index contributed by atoms with van der Waals surface area (Å²) in [5.41, 5.74) is -0.287. The molecule has 0 spiro atoms. The summed E-state index contributed by atoms with van der Waals surface area (Å²) in [4.78, 5) is 4.38. The zero-order valence-electron chi connectivity index (χ0n) is 15.1. The molecule has 0 amide bonds. The zero-order chi connectivity index (χ0) is 16.6. The molecule has 2 rings (SSSR count). The first-order valence-electron chi connectivity index (χ1n) is 8.90. The van der Waals surface area contributed by atoms with Gasteiger partial charge in [-0.1, -0.05) is 0 Å². The molecular weight excluding hydrogens is 282 g/mol. The molecule has 22 heavy (non-hydrogen) atoms. The Hall–Kier alpha value is -0.220. The van der Waals surface area contributed by atoms with Crippen LogP contribution in [0.3, 0.4) is 0 Å². The molecule has 2 nitrogen and oxygen atoms in total. The SMILES string of the molecule is CC(C)(C)N1CCCC(CC(C)(C)N2CCCC2)C(F)(F)C1. The van der Waals surface area contributed by atoms with Gasteiger partial charge in [-0.25, -0.2) is 8.78 Å². The van der Waals surface area contributed by atoms with Crippen molar-refractivity contribution in [2.75, 3.05) is 26.2 Å². The van der Waals surface area contributed by atoms with Gasteiger partial charge in [0.25, 0.3) is 5.92 Å². The van der Waals surface area contributed by atoms with Gasteiger partial charge in [-0.3, -0.25) is 9.80 Å². The van der Waals surface area contributed by atoms with Crippen LogP contribution in [0, 0.1) is 5.92 Å². The predicted molar refractivity (Wildman–Crippen MR) is 88.5 cm³/mol. The van der Waals surface area contributed by atoms with E-state index in [0.717, 1.165) is 26.1 Å². The van der Waals surface area contributed by atoms with Crippen molar-refractivity contribution in [3.05, 3.63) is 0 Å². The van der Waals surface area contributed by atoms with Crippen molar-refractivity contribution >= 4 is 0 Å². The first kappa shape index (κ1) is 18.1. The van der Waals surface area contributed by atoms with Gasteiger partial charge in [-0.05, 0) is 86.4 Å². The standard InChI is InChI=1S/C18H34F2N2/c1-16(2,3)22-12-8-9-15(18(19,20)14-22)13-17(4,5)21-10-6-7-11-21/h15H,6-14H2,1-5H3. The number of rotatable bonds is 3. The Labute approximate surface area is 135 Å². The van der Waals surface area contributed by atoms with E-state index >= 15 is 0 Å². The fraction of sp³-hybridized carbons (Fsp3) is 1.00. The van der Waals surface area contributed by atoms with Gasteiger partial charge in [-0.15, -0.1) is 0 Å². The van der Waals surface area contributed by atoms with Crippen LogP contribution in [0.25, 0.3) is 0 Å². The topological polar surface area (TPSA) is 6.48 Å². The summed E-state index contributed by atoms with van der Waals surface area (Å²) in [5, 5.41) is 0. The van der Waals surface area contributed by atoms with Crippen LogP contribution in [-0.4, -0.2) is 53.0 Å². The minimum atomic E-state index is -2.58. The Bertz CT molecular complexity index is 368. The molecule has 0 N–H and O–H groups in total. The molecule has 1 unspecified atom stereocenters. The molecule has 2 aliphatic rings. The lowest BCUT2D eigenvalue weighted by Crippen LogP contribution is -2.50. The van der Waals surface area contributed by atoms with Crippen LogP contribution in [-0.2, 0) is 0 Å². The highest BCUT2D eigenvalue weighted by molar-refractivity contribution is 4.94. The Balaban J connectivity index is 2.07. The number of hydrogen-bond donors (Lipinski definition) is 0. The number of nitrogens with zero attached hydrogens (tertiary/aromatic N) is 2. The summed E-state index contributed by atoms with van der Waals surface area (Å²) < 4.78 is 29.7. The molecule has 0 aromatic rings. The summed E-state index contributed by atoms with van der Waals surface area (Å²) in [6, 6.07) is 0. The molecule has 2 saturated heterocycles. The number of halogens is 2.